The Bertz CT molecular complexity index is 841. The van der Waals surface area contributed by atoms with Crippen LogP contribution in [0, 0.1) is 6.92 Å². The number of carbonyl (C=O) groups excluding carboxylic acids is 1. The van der Waals surface area contributed by atoms with Gasteiger partial charge < -0.3 is 14.8 Å². The minimum atomic E-state index is 0.0219. The van der Waals surface area contributed by atoms with Gasteiger partial charge in [0.15, 0.2) is 0 Å². The van der Waals surface area contributed by atoms with Gasteiger partial charge in [-0.3, -0.25) is 4.79 Å². The van der Waals surface area contributed by atoms with Gasteiger partial charge in [0.2, 0.25) is 5.91 Å². The SMILES string of the molecule is Cc1nc2ccccc2n1CC(=O)NCCCN(C)c1ccccc1. The Hall–Kier alpha value is -2.82. The second-order valence-electron chi connectivity index (χ2n) is 6.19. The molecule has 0 radical (unpaired) electrons. The molecule has 2 aromatic carbocycles. The third-order valence-corrected chi connectivity index (χ3v) is 4.34. The number of nitrogens with one attached hydrogen (secondary N) is 1. The molecule has 1 N–H and O–H groups in total. The molecule has 0 bridgehead atoms. The van der Waals surface area contributed by atoms with Crippen LogP contribution in [0.4, 0.5) is 5.69 Å². The van der Waals surface area contributed by atoms with E-state index in [1.54, 1.807) is 0 Å². The summed E-state index contributed by atoms with van der Waals surface area (Å²) in [7, 11) is 2.07. The van der Waals surface area contributed by atoms with Crippen molar-refractivity contribution in [1.82, 2.24) is 14.9 Å². The van der Waals surface area contributed by atoms with Crippen LogP contribution in [0.2, 0.25) is 0 Å². The molecule has 0 aliphatic carbocycles. The third kappa shape index (κ3) is 4.18. The summed E-state index contributed by atoms with van der Waals surface area (Å²) >= 11 is 0. The van der Waals surface area contributed by atoms with E-state index in [4.69, 9.17) is 0 Å². The lowest BCUT2D eigenvalue weighted by molar-refractivity contribution is -0.121. The lowest BCUT2D eigenvalue weighted by atomic mass is 10.3. The van der Waals surface area contributed by atoms with Crippen LogP contribution in [0.3, 0.4) is 0 Å². The van der Waals surface area contributed by atoms with Gasteiger partial charge in [0.1, 0.15) is 12.4 Å². The number of fused-ring (bicyclic) bond motifs is 1. The summed E-state index contributed by atoms with van der Waals surface area (Å²) in [5, 5.41) is 3.01. The monoisotopic (exact) mass is 336 g/mol. The number of benzene rings is 2. The molecule has 1 amide bonds. The number of imidazole rings is 1. The van der Waals surface area contributed by atoms with Crippen LogP contribution in [0.25, 0.3) is 11.0 Å². The van der Waals surface area contributed by atoms with Crippen LogP contribution < -0.4 is 10.2 Å². The molecule has 5 nitrogen and oxygen atoms in total. The minimum Gasteiger partial charge on any atom is -0.375 e. The van der Waals surface area contributed by atoms with E-state index < -0.39 is 0 Å². The highest BCUT2D eigenvalue weighted by atomic mass is 16.1. The standard InChI is InChI=1S/C20H24N4O/c1-16-22-18-11-6-7-12-19(18)24(16)15-20(25)21-13-8-14-23(2)17-9-4-3-5-10-17/h3-7,9-12H,8,13-15H2,1-2H3,(H,21,25). The Morgan fingerprint density at radius 3 is 2.64 bits per heavy atom. The number of aromatic nitrogens is 2. The maximum absolute atomic E-state index is 12.2. The largest absolute Gasteiger partial charge is 0.375 e. The molecule has 5 heteroatoms. The van der Waals surface area contributed by atoms with Crippen molar-refractivity contribution in [3.8, 4) is 0 Å². The van der Waals surface area contributed by atoms with Crippen molar-refractivity contribution in [1.29, 1.82) is 0 Å². The summed E-state index contributed by atoms with van der Waals surface area (Å²) in [4.78, 5) is 18.9. The van der Waals surface area contributed by atoms with Crippen molar-refractivity contribution < 1.29 is 4.79 Å². The second kappa shape index (κ2) is 7.83. The molecule has 0 aliphatic heterocycles. The van der Waals surface area contributed by atoms with Crippen LogP contribution in [-0.4, -0.2) is 35.6 Å². The lowest BCUT2D eigenvalue weighted by Gasteiger charge is -2.19. The summed E-state index contributed by atoms with van der Waals surface area (Å²) in [6.45, 7) is 3.81. The predicted octanol–water partition coefficient (Wildman–Crippen LogP) is 2.99. The Morgan fingerprint density at radius 2 is 1.84 bits per heavy atom. The number of hydrogen-bond donors (Lipinski definition) is 1. The van der Waals surface area contributed by atoms with Crippen LogP contribution in [0.5, 0.6) is 0 Å². The van der Waals surface area contributed by atoms with Crippen LogP contribution >= 0.6 is 0 Å². The van der Waals surface area contributed by atoms with Crippen molar-refractivity contribution in [3.05, 3.63) is 60.4 Å². The fraction of sp³-hybridized carbons (Fsp3) is 0.300. The van der Waals surface area contributed by atoms with E-state index in [2.05, 4.69) is 34.4 Å². The molecule has 3 aromatic rings. The summed E-state index contributed by atoms with van der Waals surface area (Å²) < 4.78 is 1.96. The van der Waals surface area contributed by atoms with Crippen LogP contribution in [0.1, 0.15) is 12.2 Å². The first kappa shape index (κ1) is 17.0. The minimum absolute atomic E-state index is 0.0219. The van der Waals surface area contributed by atoms with E-state index in [1.165, 1.54) is 5.69 Å². The topological polar surface area (TPSA) is 50.2 Å². The summed E-state index contributed by atoms with van der Waals surface area (Å²) in [5.74, 6) is 0.883. The zero-order valence-corrected chi connectivity index (χ0v) is 14.8. The fourth-order valence-electron chi connectivity index (χ4n) is 2.95. The molecular weight excluding hydrogens is 312 g/mol. The van der Waals surface area contributed by atoms with Crippen LogP contribution in [-0.2, 0) is 11.3 Å². The number of anilines is 1. The van der Waals surface area contributed by atoms with Gasteiger partial charge in [-0.05, 0) is 37.6 Å². The van der Waals surface area contributed by atoms with Crippen molar-refractivity contribution in [2.75, 3.05) is 25.0 Å². The Kier molecular flexibility index (Phi) is 5.33. The second-order valence-corrected chi connectivity index (χ2v) is 6.19. The first-order valence-corrected chi connectivity index (χ1v) is 8.60. The number of amides is 1. The van der Waals surface area contributed by atoms with E-state index in [-0.39, 0.29) is 5.91 Å². The molecular formula is C20H24N4O. The maximum Gasteiger partial charge on any atom is 0.240 e. The average molecular weight is 336 g/mol. The molecule has 130 valence electrons. The van der Waals surface area contributed by atoms with Crippen molar-refractivity contribution in [2.45, 2.75) is 19.9 Å². The summed E-state index contributed by atoms with van der Waals surface area (Å²) in [6.07, 6.45) is 0.904. The van der Waals surface area contributed by atoms with Gasteiger partial charge in [0.05, 0.1) is 11.0 Å². The van der Waals surface area contributed by atoms with Crippen molar-refractivity contribution >= 4 is 22.6 Å². The Labute approximate surface area is 148 Å². The molecule has 0 saturated heterocycles. The molecule has 1 aromatic heterocycles. The smallest absolute Gasteiger partial charge is 0.240 e. The van der Waals surface area contributed by atoms with Gasteiger partial charge in [0, 0.05) is 25.8 Å². The number of rotatable bonds is 7. The third-order valence-electron chi connectivity index (χ3n) is 4.34. The number of para-hydroxylation sites is 3. The highest BCUT2D eigenvalue weighted by Gasteiger charge is 2.10. The average Bonchev–Trinajstić information content (AvgIpc) is 2.95. The van der Waals surface area contributed by atoms with E-state index in [0.717, 1.165) is 29.8 Å². The molecule has 1 heterocycles. The molecule has 0 atom stereocenters. The van der Waals surface area contributed by atoms with E-state index in [9.17, 15) is 4.79 Å². The first-order valence-electron chi connectivity index (χ1n) is 8.60. The van der Waals surface area contributed by atoms with Gasteiger partial charge in [-0.25, -0.2) is 4.98 Å². The van der Waals surface area contributed by atoms with E-state index >= 15 is 0 Å². The van der Waals surface area contributed by atoms with Crippen LogP contribution in [0.15, 0.2) is 54.6 Å². The van der Waals surface area contributed by atoms with Gasteiger partial charge in [0.25, 0.3) is 0 Å². The molecule has 0 unspecified atom stereocenters. The van der Waals surface area contributed by atoms with E-state index in [1.807, 2.05) is 54.0 Å². The number of hydrogen-bond acceptors (Lipinski definition) is 3. The van der Waals surface area contributed by atoms with Gasteiger partial charge in [-0.15, -0.1) is 0 Å². The molecule has 0 fully saturated rings. The number of aryl methyl sites for hydroxylation is 1. The van der Waals surface area contributed by atoms with Gasteiger partial charge >= 0.3 is 0 Å². The van der Waals surface area contributed by atoms with E-state index in [0.29, 0.717) is 13.1 Å². The highest BCUT2D eigenvalue weighted by molar-refractivity contribution is 5.81. The van der Waals surface area contributed by atoms with Crippen molar-refractivity contribution in [2.24, 2.45) is 0 Å². The number of carbonyl (C=O) groups is 1. The van der Waals surface area contributed by atoms with Gasteiger partial charge in [-0.1, -0.05) is 30.3 Å². The fourth-order valence-corrected chi connectivity index (χ4v) is 2.95. The Morgan fingerprint density at radius 1 is 1.12 bits per heavy atom. The quantitative estimate of drug-likeness (QED) is 0.675. The normalized spacial score (nSPS) is 10.8. The summed E-state index contributed by atoms with van der Waals surface area (Å²) in [5.41, 5.74) is 3.12. The summed E-state index contributed by atoms with van der Waals surface area (Å²) in [6, 6.07) is 18.2. The molecule has 0 aliphatic rings. The van der Waals surface area contributed by atoms with Gasteiger partial charge in [-0.2, -0.15) is 0 Å². The zero-order chi connectivity index (χ0) is 17.6. The van der Waals surface area contributed by atoms with Crippen molar-refractivity contribution in [3.63, 3.8) is 0 Å². The molecule has 0 saturated carbocycles. The molecule has 3 rings (SSSR count). The molecule has 0 spiro atoms. The first-order chi connectivity index (χ1) is 12.1. The lowest BCUT2D eigenvalue weighted by Crippen LogP contribution is -2.31. The Balaban J connectivity index is 1.47. The molecule has 25 heavy (non-hydrogen) atoms. The predicted molar refractivity (Wildman–Crippen MR) is 102 cm³/mol. The maximum atomic E-state index is 12.2. The zero-order valence-electron chi connectivity index (χ0n) is 14.8. The number of nitrogens with zero attached hydrogens (tertiary/aromatic N) is 3. The highest BCUT2D eigenvalue weighted by Crippen LogP contribution is 2.15.